The summed E-state index contributed by atoms with van der Waals surface area (Å²) in [5, 5.41) is 12.5. The first kappa shape index (κ1) is 13.3. The molecule has 0 radical (unpaired) electrons. The number of rotatable bonds is 6. The Morgan fingerprint density at radius 2 is 2.22 bits per heavy atom. The zero-order valence-electron chi connectivity index (χ0n) is 11.3. The topological polar surface area (TPSA) is 48.4 Å². The molecule has 0 spiro atoms. The van der Waals surface area contributed by atoms with Gasteiger partial charge in [-0.25, -0.2) is 4.98 Å². The van der Waals surface area contributed by atoms with Crippen LogP contribution in [-0.4, -0.2) is 41.2 Å². The second kappa shape index (κ2) is 6.16. The molecule has 0 aromatic carbocycles. The lowest BCUT2D eigenvalue weighted by molar-refractivity contribution is 0.0272. The number of aliphatic hydroxyl groups is 1. The Kier molecular flexibility index (Phi) is 4.55. The Bertz CT molecular complexity index is 377. The third-order valence-corrected chi connectivity index (χ3v) is 3.38. The van der Waals surface area contributed by atoms with Crippen LogP contribution < -0.4 is 5.32 Å². The van der Waals surface area contributed by atoms with Gasteiger partial charge in [-0.15, -0.1) is 0 Å². The second-order valence-electron chi connectivity index (χ2n) is 5.23. The van der Waals surface area contributed by atoms with Crippen LogP contribution >= 0.6 is 0 Å². The second-order valence-corrected chi connectivity index (χ2v) is 5.23. The lowest BCUT2D eigenvalue weighted by Crippen LogP contribution is -2.36. The molecule has 1 aliphatic rings. The fourth-order valence-corrected chi connectivity index (χ4v) is 2.48. The van der Waals surface area contributed by atoms with Crippen LogP contribution in [0.2, 0.25) is 0 Å². The maximum atomic E-state index is 9.28. The molecule has 0 atom stereocenters. The van der Waals surface area contributed by atoms with Crippen LogP contribution in [0.15, 0.2) is 18.2 Å². The summed E-state index contributed by atoms with van der Waals surface area (Å²) in [5.74, 6) is 1.60. The van der Waals surface area contributed by atoms with Crippen molar-refractivity contribution in [1.82, 2.24) is 9.88 Å². The molecule has 0 saturated heterocycles. The third-order valence-electron chi connectivity index (χ3n) is 3.38. The van der Waals surface area contributed by atoms with Gasteiger partial charge in [0.15, 0.2) is 0 Å². The molecule has 1 saturated carbocycles. The first-order chi connectivity index (χ1) is 8.67. The Morgan fingerprint density at radius 1 is 1.44 bits per heavy atom. The molecule has 2 N–H and O–H groups in total. The largest absolute Gasteiger partial charge is 0.393 e. The highest BCUT2D eigenvalue weighted by atomic mass is 16.3. The van der Waals surface area contributed by atoms with Crippen molar-refractivity contribution in [3.05, 3.63) is 23.9 Å². The predicted octanol–water partition coefficient (Wildman–Crippen LogP) is 1.72. The van der Waals surface area contributed by atoms with Crippen LogP contribution in [0.4, 0.5) is 5.82 Å². The molecule has 1 aliphatic carbocycles. The SMILES string of the molecule is CCNc1cccc(CN(C)CC2CC(O)C2)n1. The van der Waals surface area contributed by atoms with Crippen LogP contribution in [0, 0.1) is 5.92 Å². The zero-order valence-corrected chi connectivity index (χ0v) is 11.3. The lowest BCUT2D eigenvalue weighted by atomic mass is 9.82. The molecule has 2 rings (SSSR count). The highest BCUT2D eigenvalue weighted by molar-refractivity contribution is 5.34. The number of nitrogens with zero attached hydrogens (tertiary/aromatic N) is 2. The normalized spacial score (nSPS) is 22.9. The van der Waals surface area contributed by atoms with Crippen LogP contribution in [0.1, 0.15) is 25.5 Å². The van der Waals surface area contributed by atoms with Crippen LogP contribution in [0.25, 0.3) is 0 Å². The van der Waals surface area contributed by atoms with Crippen LogP contribution in [0.3, 0.4) is 0 Å². The van der Waals surface area contributed by atoms with Crippen molar-refractivity contribution in [2.45, 2.75) is 32.4 Å². The number of hydrogen-bond donors (Lipinski definition) is 2. The molecule has 4 heteroatoms. The van der Waals surface area contributed by atoms with Crippen molar-refractivity contribution in [3.63, 3.8) is 0 Å². The smallest absolute Gasteiger partial charge is 0.126 e. The van der Waals surface area contributed by atoms with E-state index in [0.29, 0.717) is 5.92 Å². The van der Waals surface area contributed by atoms with Gasteiger partial charge in [0.05, 0.1) is 11.8 Å². The predicted molar refractivity (Wildman–Crippen MR) is 73.5 cm³/mol. The molecule has 4 nitrogen and oxygen atoms in total. The number of aliphatic hydroxyl groups excluding tert-OH is 1. The zero-order chi connectivity index (χ0) is 13.0. The van der Waals surface area contributed by atoms with E-state index in [9.17, 15) is 5.11 Å². The minimum absolute atomic E-state index is 0.0568. The summed E-state index contributed by atoms with van der Waals surface area (Å²) in [6.45, 7) is 4.88. The molecule has 1 aromatic rings. The van der Waals surface area contributed by atoms with Gasteiger partial charge in [-0.2, -0.15) is 0 Å². The number of nitrogens with one attached hydrogen (secondary N) is 1. The fraction of sp³-hybridized carbons (Fsp3) is 0.643. The molecule has 0 unspecified atom stereocenters. The summed E-state index contributed by atoms with van der Waals surface area (Å²) in [5.41, 5.74) is 1.09. The van der Waals surface area contributed by atoms with E-state index in [2.05, 4.69) is 35.2 Å². The van der Waals surface area contributed by atoms with Gasteiger partial charge < -0.3 is 15.3 Å². The molecule has 0 bridgehead atoms. The van der Waals surface area contributed by atoms with E-state index in [1.54, 1.807) is 0 Å². The summed E-state index contributed by atoms with van der Waals surface area (Å²) in [7, 11) is 2.12. The molecule has 0 aliphatic heterocycles. The minimum Gasteiger partial charge on any atom is -0.393 e. The molecular weight excluding hydrogens is 226 g/mol. The van der Waals surface area contributed by atoms with E-state index in [0.717, 1.165) is 44.0 Å². The molecule has 18 heavy (non-hydrogen) atoms. The summed E-state index contributed by atoms with van der Waals surface area (Å²) in [6, 6.07) is 6.10. The van der Waals surface area contributed by atoms with E-state index in [4.69, 9.17) is 0 Å². The number of hydrogen-bond acceptors (Lipinski definition) is 4. The van der Waals surface area contributed by atoms with E-state index in [-0.39, 0.29) is 6.10 Å². The highest BCUT2D eigenvalue weighted by Gasteiger charge is 2.27. The van der Waals surface area contributed by atoms with Crippen molar-refractivity contribution in [2.24, 2.45) is 5.92 Å². The van der Waals surface area contributed by atoms with E-state index in [1.807, 2.05) is 12.1 Å². The summed E-state index contributed by atoms with van der Waals surface area (Å²) < 4.78 is 0. The van der Waals surface area contributed by atoms with E-state index < -0.39 is 0 Å². The molecular formula is C14H23N3O. The van der Waals surface area contributed by atoms with Crippen LogP contribution in [0.5, 0.6) is 0 Å². The Morgan fingerprint density at radius 3 is 2.89 bits per heavy atom. The number of pyridine rings is 1. The van der Waals surface area contributed by atoms with Gasteiger partial charge in [0, 0.05) is 19.6 Å². The van der Waals surface area contributed by atoms with Gasteiger partial charge in [0.1, 0.15) is 5.82 Å². The maximum absolute atomic E-state index is 9.28. The monoisotopic (exact) mass is 249 g/mol. The van der Waals surface area contributed by atoms with Crippen molar-refractivity contribution in [2.75, 3.05) is 25.5 Å². The van der Waals surface area contributed by atoms with Gasteiger partial charge in [0.2, 0.25) is 0 Å². The molecule has 0 amide bonds. The molecule has 1 aromatic heterocycles. The molecule has 1 heterocycles. The van der Waals surface area contributed by atoms with Crippen molar-refractivity contribution in [1.29, 1.82) is 0 Å². The average Bonchev–Trinajstić information content (AvgIpc) is 2.28. The number of aromatic nitrogens is 1. The standard InChI is InChI=1S/C14H23N3O/c1-3-15-14-6-4-5-12(16-14)10-17(2)9-11-7-13(18)8-11/h4-6,11,13,18H,3,7-10H2,1-2H3,(H,15,16). The van der Waals surface area contributed by atoms with Gasteiger partial charge in [-0.1, -0.05) is 6.07 Å². The molecule has 100 valence electrons. The van der Waals surface area contributed by atoms with Gasteiger partial charge >= 0.3 is 0 Å². The average molecular weight is 249 g/mol. The van der Waals surface area contributed by atoms with Crippen molar-refractivity contribution < 1.29 is 5.11 Å². The minimum atomic E-state index is -0.0568. The summed E-state index contributed by atoms with van der Waals surface area (Å²) in [6.07, 6.45) is 1.85. The summed E-state index contributed by atoms with van der Waals surface area (Å²) >= 11 is 0. The van der Waals surface area contributed by atoms with Crippen molar-refractivity contribution in [3.8, 4) is 0 Å². The molecule has 1 fully saturated rings. The maximum Gasteiger partial charge on any atom is 0.126 e. The summed E-state index contributed by atoms with van der Waals surface area (Å²) in [4.78, 5) is 6.85. The Labute approximate surface area is 109 Å². The van der Waals surface area contributed by atoms with Gasteiger partial charge in [-0.3, -0.25) is 0 Å². The van der Waals surface area contributed by atoms with Crippen LogP contribution in [-0.2, 0) is 6.54 Å². The van der Waals surface area contributed by atoms with E-state index >= 15 is 0 Å². The first-order valence-electron chi connectivity index (χ1n) is 6.73. The quantitative estimate of drug-likeness (QED) is 0.806. The van der Waals surface area contributed by atoms with Crippen molar-refractivity contribution >= 4 is 5.82 Å². The first-order valence-corrected chi connectivity index (χ1v) is 6.73. The lowest BCUT2D eigenvalue weighted by Gasteiger charge is -2.34. The Hall–Kier alpha value is -1.13. The highest BCUT2D eigenvalue weighted by Crippen LogP contribution is 2.27. The number of anilines is 1. The Balaban J connectivity index is 1.82. The fourth-order valence-electron chi connectivity index (χ4n) is 2.48. The van der Waals surface area contributed by atoms with E-state index in [1.165, 1.54) is 0 Å². The third kappa shape index (κ3) is 3.68. The van der Waals surface area contributed by atoms with Gasteiger partial charge in [0.25, 0.3) is 0 Å². The van der Waals surface area contributed by atoms with Gasteiger partial charge in [-0.05, 0) is 44.9 Å².